The fourth-order valence-electron chi connectivity index (χ4n) is 4.01. The Morgan fingerprint density at radius 2 is 1.74 bits per heavy atom. The number of amides is 1. The molecule has 2 aliphatic heterocycles. The van der Waals surface area contributed by atoms with Gasteiger partial charge in [0.15, 0.2) is 0 Å². The lowest BCUT2D eigenvalue weighted by molar-refractivity contribution is -0.116. The minimum absolute atomic E-state index is 0.268. The highest BCUT2D eigenvalue weighted by Crippen LogP contribution is 2.28. The Morgan fingerprint density at radius 1 is 1.00 bits per heavy atom. The van der Waals surface area contributed by atoms with Gasteiger partial charge in [-0.25, -0.2) is 13.5 Å². The molecule has 0 aromatic heterocycles. The third kappa shape index (κ3) is 4.05. The molecule has 0 bridgehead atoms. The monoisotopic (exact) mass is 458 g/mol. The molecular weight excluding hydrogens is 438 g/mol. The third-order valence-corrected chi connectivity index (χ3v) is 5.73. The fraction of sp³-hybridized carbons (Fsp3) is 0.115. The quantitative estimate of drug-likeness (QED) is 0.419. The van der Waals surface area contributed by atoms with E-state index < -0.39 is 17.3 Å². The zero-order valence-electron chi connectivity index (χ0n) is 18.3. The van der Waals surface area contributed by atoms with Gasteiger partial charge in [-0.2, -0.15) is 5.10 Å². The van der Waals surface area contributed by atoms with Crippen molar-refractivity contribution in [2.45, 2.75) is 20.0 Å². The van der Waals surface area contributed by atoms with Crippen LogP contribution in [0.3, 0.4) is 0 Å². The number of anilines is 1. The van der Waals surface area contributed by atoms with E-state index in [0.29, 0.717) is 28.8 Å². The van der Waals surface area contributed by atoms with E-state index in [1.807, 2.05) is 25.1 Å². The molecule has 2 aliphatic rings. The zero-order chi connectivity index (χ0) is 23.8. The summed E-state index contributed by atoms with van der Waals surface area (Å²) in [4.78, 5) is 25.7. The summed E-state index contributed by atoms with van der Waals surface area (Å²) in [6.07, 6.45) is 1.64. The minimum atomic E-state index is -0.465. The number of pyridine rings is 1. The number of benzene rings is 3. The first kappa shape index (κ1) is 21.5. The van der Waals surface area contributed by atoms with E-state index in [4.69, 9.17) is 0 Å². The second kappa shape index (κ2) is 8.55. The summed E-state index contributed by atoms with van der Waals surface area (Å²) in [6, 6.07) is 17.6. The molecule has 170 valence electrons. The number of aryl methyl sites for hydroxylation is 1. The number of nitrogens with zero attached hydrogens (tertiary/aromatic N) is 3. The van der Waals surface area contributed by atoms with Crippen LogP contribution in [0.1, 0.15) is 11.1 Å². The van der Waals surface area contributed by atoms with Crippen LogP contribution in [0.25, 0.3) is 22.2 Å². The average Bonchev–Trinajstić information content (AvgIpc) is 3.12. The van der Waals surface area contributed by atoms with Crippen LogP contribution in [0.4, 0.5) is 14.5 Å². The van der Waals surface area contributed by atoms with Crippen molar-refractivity contribution in [3.63, 3.8) is 0 Å². The number of carbonyl (C=O) groups excluding carboxylic acids is 1. The number of fused-ring (bicyclic) bond motifs is 3. The molecule has 0 atom stereocenters. The van der Waals surface area contributed by atoms with Crippen molar-refractivity contribution in [1.82, 2.24) is 14.3 Å². The van der Waals surface area contributed by atoms with Gasteiger partial charge in [-0.05, 0) is 54.4 Å². The fourth-order valence-corrected chi connectivity index (χ4v) is 4.01. The van der Waals surface area contributed by atoms with E-state index in [9.17, 15) is 18.4 Å². The average molecular weight is 458 g/mol. The van der Waals surface area contributed by atoms with E-state index in [-0.39, 0.29) is 17.9 Å². The number of carbonyl (C=O) groups is 1. The van der Waals surface area contributed by atoms with Gasteiger partial charge in [-0.15, -0.1) is 0 Å². The van der Waals surface area contributed by atoms with Crippen LogP contribution in [0.15, 0.2) is 77.7 Å². The van der Waals surface area contributed by atoms with Crippen LogP contribution in [0.2, 0.25) is 0 Å². The summed E-state index contributed by atoms with van der Waals surface area (Å²) < 4.78 is 30.3. The standard InChI is InChI=1S/C26H20F2N4O2/c1-16-4-2-3-5-22(16)29-24(33)15-32-26(34)21-14-31(13-17-6-8-18(27)9-7-17)23-11-10-19(28)12-20(23)25(21)30-32/h2-12,14H,13,15H2,1H3,(H,29,33). The molecule has 8 heteroatoms. The SMILES string of the molecule is Cc1ccccc1NC(=O)Cn1nc2c3cc(F)ccc3n(Cc3ccc(F)cc3)cc-2c1=O. The van der Waals surface area contributed by atoms with Crippen LogP contribution in [0.5, 0.6) is 0 Å². The highest BCUT2D eigenvalue weighted by molar-refractivity contribution is 5.94. The van der Waals surface area contributed by atoms with Gasteiger partial charge < -0.3 is 9.88 Å². The molecule has 0 aliphatic carbocycles. The van der Waals surface area contributed by atoms with Gasteiger partial charge in [0.1, 0.15) is 23.9 Å². The lowest BCUT2D eigenvalue weighted by atomic mass is 10.1. The van der Waals surface area contributed by atoms with Gasteiger partial charge in [-0.3, -0.25) is 9.59 Å². The maximum atomic E-state index is 14.1. The van der Waals surface area contributed by atoms with Gasteiger partial charge >= 0.3 is 0 Å². The second-order valence-corrected chi connectivity index (χ2v) is 8.13. The largest absolute Gasteiger partial charge is 0.342 e. The van der Waals surface area contributed by atoms with Crippen molar-refractivity contribution in [1.29, 1.82) is 0 Å². The van der Waals surface area contributed by atoms with Crippen LogP contribution in [-0.4, -0.2) is 20.3 Å². The molecule has 0 saturated carbocycles. The first-order valence-corrected chi connectivity index (χ1v) is 10.7. The van der Waals surface area contributed by atoms with Crippen molar-refractivity contribution < 1.29 is 13.6 Å². The molecule has 1 amide bonds. The molecule has 0 radical (unpaired) electrons. The van der Waals surface area contributed by atoms with Gasteiger partial charge in [0.05, 0.1) is 11.1 Å². The van der Waals surface area contributed by atoms with Crippen LogP contribution < -0.4 is 10.9 Å². The molecule has 0 fully saturated rings. The molecule has 3 aromatic rings. The van der Waals surface area contributed by atoms with Crippen molar-refractivity contribution in [3.8, 4) is 11.3 Å². The summed E-state index contributed by atoms with van der Waals surface area (Å²) in [5.74, 6) is -1.20. The molecule has 1 N–H and O–H groups in total. The smallest absolute Gasteiger partial charge is 0.278 e. The van der Waals surface area contributed by atoms with Crippen molar-refractivity contribution in [2.75, 3.05) is 5.32 Å². The molecule has 2 heterocycles. The van der Waals surface area contributed by atoms with Crippen LogP contribution >= 0.6 is 0 Å². The topological polar surface area (TPSA) is 68.9 Å². The highest BCUT2D eigenvalue weighted by Gasteiger charge is 2.22. The Labute approximate surface area is 193 Å². The second-order valence-electron chi connectivity index (χ2n) is 8.13. The van der Waals surface area contributed by atoms with E-state index in [1.165, 1.54) is 24.3 Å². The number of halogens is 2. The molecule has 0 spiro atoms. The predicted molar refractivity (Wildman–Crippen MR) is 126 cm³/mol. The van der Waals surface area contributed by atoms with Crippen molar-refractivity contribution in [3.05, 3.63) is 106 Å². The number of hydrogen-bond donors (Lipinski definition) is 1. The van der Waals surface area contributed by atoms with Crippen LogP contribution in [0, 0.1) is 18.6 Å². The zero-order valence-corrected chi connectivity index (χ0v) is 18.3. The van der Waals surface area contributed by atoms with E-state index in [1.54, 1.807) is 35.0 Å². The number of nitrogens with one attached hydrogen (secondary N) is 1. The summed E-state index contributed by atoms with van der Waals surface area (Å²) in [7, 11) is 0. The molecule has 5 rings (SSSR count). The van der Waals surface area contributed by atoms with Gasteiger partial charge in [-0.1, -0.05) is 30.3 Å². The Morgan fingerprint density at radius 3 is 2.50 bits per heavy atom. The van der Waals surface area contributed by atoms with Crippen LogP contribution in [-0.2, 0) is 17.9 Å². The van der Waals surface area contributed by atoms with E-state index in [2.05, 4.69) is 10.4 Å². The lowest BCUT2D eigenvalue weighted by Crippen LogP contribution is -2.26. The molecule has 0 unspecified atom stereocenters. The van der Waals surface area contributed by atoms with Gasteiger partial charge in [0.25, 0.3) is 5.56 Å². The Kier molecular flexibility index (Phi) is 5.41. The highest BCUT2D eigenvalue weighted by atomic mass is 19.1. The van der Waals surface area contributed by atoms with Gasteiger partial charge in [0.2, 0.25) is 5.91 Å². The molecule has 6 nitrogen and oxygen atoms in total. The first-order chi connectivity index (χ1) is 16.4. The maximum Gasteiger partial charge on any atom is 0.278 e. The number of para-hydroxylation sites is 1. The third-order valence-electron chi connectivity index (χ3n) is 5.73. The summed E-state index contributed by atoms with van der Waals surface area (Å²) in [6.45, 7) is 1.94. The van der Waals surface area contributed by atoms with E-state index >= 15 is 0 Å². The summed E-state index contributed by atoms with van der Waals surface area (Å²) in [5.41, 5.74) is 3.16. The summed E-state index contributed by atoms with van der Waals surface area (Å²) in [5, 5.41) is 7.60. The Balaban J connectivity index is 1.56. The Bertz CT molecular complexity index is 1550. The normalized spacial score (nSPS) is 11.3. The van der Waals surface area contributed by atoms with Gasteiger partial charge in [0, 0.05) is 23.8 Å². The first-order valence-electron chi connectivity index (χ1n) is 10.7. The molecule has 34 heavy (non-hydrogen) atoms. The van der Waals surface area contributed by atoms with Crippen molar-refractivity contribution in [2.24, 2.45) is 0 Å². The van der Waals surface area contributed by atoms with E-state index in [0.717, 1.165) is 15.8 Å². The lowest BCUT2D eigenvalue weighted by Gasteiger charge is -2.14. The molecule has 0 saturated heterocycles. The minimum Gasteiger partial charge on any atom is -0.342 e. The maximum absolute atomic E-state index is 14.1. The number of hydrogen-bond acceptors (Lipinski definition) is 3. The molecule has 3 aromatic carbocycles. The molecular formula is C26H20F2N4O2. The summed E-state index contributed by atoms with van der Waals surface area (Å²) >= 11 is 0. The number of aromatic nitrogens is 3. The number of rotatable bonds is 5. The Hall–Kier alpha value is -4.33. The van der Waals surface area contributed by atoms with Crippen molar-refractivity contribution >= 4 is 22.5 Å². The predicted octanol–water partition coefficient (Wildman–Crippen LogP) is 4.58.